The topological polar surface area (TPSA) is 67.2 Å². The van der Waals surface area contributed by atoms with Crippen molar-refractivity contribution >= 4 is 12.1 Å². The quantitative estimate of drug-likeness (QED) is 0.667. The zero-order valence-electron chi connectivity index (χ0n) is 10.6. The largest absolute Gasteiger partial charge is 0.272 e. The summed E-state index contributed by atoms with van der Waals surface area (Å²) in [6.45, 7) is 1.94. The first-order valence-corrected chi connectivity index (χ1v) is 5.90. The highest BCUT2D eigenvalue weighted by molar-refractivity contribution is 5.93. The highest BCUT2D eigenvalue weighted by atomic mass is 16.2. The van der Waals surface area contributed by atoms with Crippen molar-refractivity contribution < 1.29 is 4.79 Å². The molecule has 0 aliphatic rings. The van der Waals surface area contributed by atoms with Crippen LogP contribution < -0.4 is 5.43 Å². The van der Waals surface area contributed by atoms with Gasteiger partial charge in [-0.25, -0.2) is 5.43 Å². The van der Waals surface area contributed by atoms with Gasteiger partial charge in [-0.1, -0.05) is 6.07 Å². The van der Waals surface area contributed by atoms with Gasteiger partial charge in [0.05, 0.1) is 5.56 Å². The van der Waals surface area contributed by atoms with E-state index in [1.54, 1.807) is 24.5 Å². The predicted octanol–water partition coefficient (Wildman–Crippen LogP) is 1.74. The SMILES string of the molecule is Cc1cccc(C/C=N/NC(=O)c2cccnc2)n1. The summed E-state index contributed by atoms with van der Waals surface area (Å²) in [5, 5.41) is 3.88. The van der Waals surface area contributed by atoms with Gasteiger partial charge in [0.2, 0.25) is 0 Å². The zero-order valence-corrected chi connectivity index (χ0v) is 10.6. The van der Waals surface area contributed by atoms with E-state index in [2.05, 4.69) is 20.5 Å². The molecule has 5 heteroatoms. The molecule has 1 N–H and O–H groups in total. The molecule has 1 amide bonds. The van der Waals surface area contributed by atoms with Crippen molar-refractivity contribution in [3.63, 3.8) is 0 Å². The van der Waals surface area contributed by atoms with Crippen LogP contribution in [0.1, 0.15) is 21.7 Å². The molecule has 2 heterocycles. The lowest BCUT2D eigenvalue weighted by molar-refractivity contribution is 0.0954. The molecule has 2 rings (SSSR count). The minimum absolute atomic E-state index is 0.276. The minimum atomic E-state index is -0.276. The number of carbonyl (C=O) groups is 1. The maximum absolute atomic E-state index is 11.6. The number of aryl methyl sites for hydroxylation is 1. The Morgan fingerprint density at radius 3 is 3.00 bits per heavy atom. The van der Waals surface area contributed by atoms with Crippen molar-refractivity contribution in [3.05, 3.63) is 59.7 Å². The van der Waals surface area contributed by atoms with E-state index >= 15 is 0 Å². The summed E-state index contributed by atoms with van der Waals surface area (Å²) in [6.07, 6.45) is 5.31. The second kappa shape index (κ2) is 6.39. The van der Waals surface area contributed by atoms with Crippen LogP contribution in [0.25, 0.3) is 0 Å². The van der Waals surface area contributed by atoms with Crippen molar-refractivity contribution in [2.75, 3.05) is 0 Å². The molecule has 0 fully saturated rings. The van der Waals surface area contributed by atoms with Gasteiger partial charge in [0.15, 0.2) is 0 Å². The molecule has 0 aromatic carbocycles. The molecular formula is C14H14N4O. The van der Waals surface area contributed by atoms with Crippen LogP contribution in [-0.2, 0) is 6.42 Å². The molecule has 19 heavy (non-hydrogen) atoms. The average Bonchev–Trinajstić information content (AvgIpc) is 2.44. The molecule has 0 bridgehead atoms. The second-order valence-corrected chi connectivity index (χ2v) is 3.97. The molecule has 0 atom stereocenters. The summed E-state index contributed by atoms with van der Waals surface area (Å²) in [5.74, 6) is -0.276. The lowest BCUT2D eigenvalue weighted by atomic mass is 10.2. The highest BCUT2D eigenvalue weighted by Crippen LogP contribution is 1.98. The normalized spacial score (nSPS) is 10.6. The van der Waals surface area contributed by atoms with Gasteiger partial charge in [0.25, 0.3) is 5.91 Å². The summed E-state index contributed by atoms with van der Waals surface area (Å²) in [7, 11) is 0. The van der Waals surface area contributed by atoms with Crippen molar-refractivity contribution in [3.8, 4) is 0 Å². The minimum Gasteiger partial charge on any atom is -0.267 e. The van der Waals surface area contributed by atoms with Gasteiger partial charge >= 0.3 is 0 Å². The Hall–Kier alpha value is -2.56. The monoisotopic (exact) mass is 254 g/mol. The number of hydrazone groups is 1. The van der Waals surface area contributed by atoms with E-state index < -0.39 is 0 Å². The fourth-order valence-corrected chi connectivity index (χ4v) is 1.52. The third kappa shape index (κ3) is 3.99. The van der Waals surface area contributed by atoms with Gasteiger partial charge in [-0.3, -0.25) is 14.8 Å². The third-order valence-electron chi connectivity index (χ3n) is 2.43. The zero-order chi connectivity index (χ0) is 13.5. The molecule has 96 valence electrons. The van der Waals surface area contributed by atoms with Crippen LogP contribution >= 0.6 is 0 Å². The lowest BCUT2D eigenvalue weighted by Gasteiger charge is -1.99. The second-order valence-electron chi connectivity index (χ2n) is 3.97. The van der Waals surface area contributed by atoms with Gasteiger partial charge in [-0.2, -0.15) is 5.10 Å². The molecule has 0 saturated heterocycles. The summed E-state index contributed by atoms with van der Waals surface area (Å²) >= 11 is 0. The van der Waals surface area contributed by atoms with E-state index in [9.17, 15) is 4.79 Å². The molecule has 0 spiro atoms. The van der Waals surface area contributed by atoms with E-state index in [4.69, 9.17) is 0 Å². The number of amides is 1. The lowest BCUT2D eigenvalue weighted by Crippen LogP contribution is -2.17. The Kier molecular flexibility index (Phi) is 4.34. The average molecular weight is 254 g/mol. The van der Waals surface area contributed by atoms with Crippen molar-refractivity contribution in [2.24, 2.45) is 5.10 Å². The van der Waals surface area contributed by atoms with Crippen LogP contribution in [0.4, 0.5) is 0 Å². The number of hydrogen-bond donors (Lipinski definition) is 1. The Morgan fingerprint density at radius 1 is 1.37 bits per heavy atom. The maximum Gasteiger partial charge on any atom is 0.272 e. The van der Waals surface area contributed by atoms with Gasteiger partial charge in [0, 0.05) is 36.4 Å². The molecule has 0 radical (unpaired) electrons. The van der Waals surface area contributed by atoms with Crippen LogP contribution in [0, 0.1) is 6.92 Å². The van der Waals surface area contributed by atoms with Gasteiger partial charge in [-0.05, 0) is 31.2 Å². The predicted molar refractivity (Wildman–Crippen MR) is 72.9 cm³/mol. The number of hydrogen-bond acceptors (Lipinski definition) is 4. The van der Waals surface area contributed by atoms with Crippen molar-refractivity contribution in [1.29, 1.82) is 0 Å². The van der Waals surface area contributed by atoms with E-state index in [1.807, 2.05) is 25.1 Å². The van der Waals surface area contributed by atoms with Gasteiger partial charge < -0.3 is 0 Å². The van der Waals surface area contributed by atoms with Crippen LogP contribution in [0.5, 0.6) is 0 Å². The smallest absolute Gasteiger partial charge is 0.267 e. The number of nitrogens with zero attached hydrogens (tertiary/aromatic N) is 3. The first-order valence-electron chi connectivity index (χ1n) is 5.90. The van der Waals surface area contributed by atoms with Gasteiger partial charge in [-0.15, -0.1) is 0 Å². The fourth-order valence-electron chi connectivity index (χ4n) is 1.52. The third-order valence-corrected chi connectivity index (χ3v) is 2.43. The van der Waals surface area contributed by atoms with E-state index in [1.165, 1.54) is 6.20 Å². The van der Waals surface area contributed by atoms with Gasteiger partial charge in [0.1, 0.15) is 0 Å². The Labute approximate surface area is 111 Å². The summed E-state index contributed by atoms with van der Waals surface area (Å²) in [5.41, 5.74) is 4.81. The first-order chi connectivity index (χ1) is 9.25. The Bertz CT molecular complexity index is 581. The standard InChI is InChI=1S/C14H14N4O/c1-11-4-2-6-13(17-11)7-9-16-18-14(19)12-5-3-8-15-10-12/h2-6,8-10H,7H2,1H3,(H,18,19)/b16-9+. The molecule has 2 aromatic heterocycles. The molecule has 0 saturated carbocycles. The van der Waals surface area contributed by atoms with Crippen molar-refractivity contribution in [2.45, 2.75) is 13.3 Å². The number of aromatic nitrogens is 2. The molecule has 0 aliphatic heterocycles. The van der Waals surface area contributed by atoms with Crippen LogP contribution in [-0.4, -0.2) is 22.1 Å². The van der Waals surface area contributed by atoms with Crippen LogP contribution in [0.3, 0.4) is 0 Å². The molecule has 0 aliphatic carbocycles. The first kappa shape index (κ1) is 12.9. The molecule has 0 unspecified atom stereocenters. The van der Waals surface area contributed by atoms with Crippen molar-refractivity contribution in [1.82, 2.24) is 15.4 Å². The number of nitrogens with one attached hydrogen (secondary N) is 1. The highest BCUT2D eigenvalue weighted by Gasteiger charge is 2.02. The number of carbonyl (C=O) groups excluding carboxylic acids is 1. The van der Waals surface area contributed by atoms with E-state index in [0.29, 0.717) is 12.0 Å². The molecular weight excluding hydrogens is 240 g/mol. The summed E-state index contributed by atoms with van der Waals surface area (Å²) in [4.78, 5) is 19.8. The Balaban J connectivity index is 1.86. The number of pyridine rings is 2. The fraction of sp³-hybridized carbons (Fsp3) is 0.143. The van der Waals surface area contributed by atoms with Crippen LogP contribution in [0.2, 0.25) is 0 Å². The summed E-state index contributed by atoms with van der Waals surface area (Å²) in [6, 6.07) is 9.18. The van der Waals surface area contributed by atoms with Crippen LogP contribution in [0.15, 0.2) is 47.8 Å². The maximum atomic E-state index is 11.6. The van der Waals surface area contributed by atoms with E-state index in [0.717, 1.165) is 11.4 Å². The molecule has 5 nitrogen and oxygen atoms in total. The Morgan fingerprint density at radius 2 is 2.26 bits per heavy atom. The van der Waals surface area contributed by atoms with E-state index in [-0.39, 0.29) is 5.91 Å². The summed E-state index contributed by atoms with van der Waals surface area (Å²) < 4.78 is 0. The molecule has 2 aromatic rings. The number of rotatable bonds is 4.